The highest BCUT2D eigenvalue weighted by Gasteiger charge is 2.62. The third-order valence-electron chi connectivity index (χ3n) is 5.39. The van der Waals surface area contributed by atoms with Gasteiger partial charge in [0.2, 0.25) is 5.91 Å². The normalized spacial score (nSPS) is 35.0. The Morgan fingerprint density at radius 1 is 0.839 bits per heavy atom. The van der Waals surface area contributed by atoms with Gasteiger partial charge in [0.1, 0.15) is 30.4 Å². The molecule has 0 aliphatic carbocycles. The Labute approximate surface area is 181 Å². The van der Waals surface area contributed by atoms with Crippen LogP contribution in [0.25, 0.3) is 0 Å². The van der Waals surface area contributed by atoms with Gasteiger partial charge >= 0.3 is 5.97 Å². The lowest BCUT2D eigenvalue weighted by Gasteiger charge is -2.37. The highest BCUT2D eigenvalue weighted by molar-refractivity contribution is 5.91. The Bertz CT molecular complexity index is 738. The molecule has 11 heteroatoms. The number of amides is 2. The molecule has 0 spiro atoms. The molecule has 11 nitrogen and oxygen atoms in total. The van der Waals surface area contributed by atoms with E-state index in [4.69, 9.17) is 28.8 Å². The van der Waals surface area contributed by atoms with Crippen molar-refractivity contribution in [2.75, 3.05) is 0 Å². The van der Waals surface area contributed by atoms with Crippen LogP contribution in [0.5, 0.6) is 0 Å². The van der Waals surface area contributed by atoms with Crippen LogP contribution in [0.1, 0.15) is 48.5 Å². The molecule has 3 rings (SSSR count). The molecule has 31 heavy (non-hydrogen) atoms. The second kappa shape index (κ2) is 8.28. The molecule has 2 amide bonds. The van der Waals surface area contributed by atoms with E-state index in [1.165, 1.54) is 6.92 Å². The first-order chi connectivity index (χ1) is 14.2. The number of rotatable bonds is 6. The Morgan fingerprint density at radius 3 is 1.97 bits per heavy atom. The summed E-state index contributed by atoms with van der Waals surface area (Å²) in [6.07, 6.45) is -3.92. The summed E-state index contributed by atoms with van der Waals surface area (Å²) in [6.45, 7) is 11.8. The Morgan fingerprint density at radius 2 is 1.39 bits per heavy atom. The van der Waals surface area contributed by atoms with Crippen molar-refractivity contribution in [3.8, 4) is 0 Å². The van der Waals surface area contributed by atoms with Crippen LogP contribution in [0.2, 0.25) is 0 Å². The number of hydrogen-bond donors (Lipinski definition) is 3. The zero-order chi connectivity index (χ0) is 23.3. The first-order valence-electron chi connectivity index (χ1n) is 10.4. The SMILES string of the molecule is CC(C)[C@@H](NC(=O)[C@@H]1O[C@@H]2OC(C)(C)O[C@@H]2[C@H]2OC(C)(C)O[C@H]21)C(=O)N[C@@H](C)C(=O)O. The molecule has 0 radical (unpaired) electrons. The average molecular weight is 444 g/mol. The van der Waals surface area contributed by atoms with E-state index >= 15 is 0 Å². The summed E-state index contributed by atoms with van der Waals surface area (Å²) in [5.74, 6) is -4.55. The molecule has 7 atom stereocenters. The third kappa shape index (κ3) is 5.01. The zero-order valence-corrected chi connectivity index (χ0v) is 18.8. The van der Waals surface area contributed by atoms with Gasteiger partial charge in [-0.1, -0.05) is 13.8 Å². The van der Waals surface area contributed by atoms with E-state index in [1.54, 1.807) is 41.5 Å². The summed E-state index contributed by atoms with van der Waals surface area (Å²) in [6, 6.07) is -2.07. The summed E-state index contributed by atoms with van der Waals surface area (Å²) in [7, 11) is 0. The van der Waals surface area contributed by atoms with Crippen molar-refractivity contribution in [3.63, 3.8) is 0 Å². The molecule has 3 aliphatic rings. The molecule has 0 aromatic carbocycles. The smallest absolute Gasteiger partial charge is 0.325 e. The molecule has 0 bridgehead atoms. The number of carbonyl (C=O) groups is 3. The molecule has 0 aromatic rings. The minimum atomic E-state index is -1.17. The lowest BCUT2D eigenvalue weighted by atomic mass is 9.97. The van der Waals surface area contributed by atoms with Crippen molar-refractivity contribution in [1.82, 2.24) is 10.6 Å². The molecule has 3 fully saturated rings. The number of hydrogen-bond acceptors (Lipinski definition) is 8. The fraction of sp³-hybridized carbons (Fsp3) is 0.850. The van der Waals surface area contributed by atoms with Gasteiger partial charge in [-0.2, -0.15) is 0 Å². The van der Waals surface area contributed by atoms with Crippen molar-refractivity contribution in [2.24, 2.45) is 5.92 Å². The molecular formula is C20H32N2O9. The first-order valence-corrected chi connectivity index (χ1v) is 10.4. The van der Waals surface area contributed by atoms with E-state index in [2.05, 4.69) is 10.6 Å². The fourth-order valence-electron chi connectivity index (χ4n) is 3.96. The Balaban J connectivity index is 1.77. The lowest BCUT2D eigenvalue weighted by Crippen LogP contribution is -2.62. The monoisotopic (exact) mass is 444 g/mol. The van der Waals surface area contributed by atoms with Crippen molar-refractivity contribution < 1.29 is 43.2 Å². The molecule has 176 valence electrons. The van der Waals surface area contributed by atoms with Crippen LogP contribution < -0.4 is 10.6 Å². The molecule has 0 saturated carbocycles. The summed E-state index contributed by atoms with van der Waals surface area (Å²) in [5, 5.41) is 14.1. The summed E-state index contributed by atoms with van der Waals surface area (Å²) >= 11 is 0. The van der Waals surface area contributed by atoms with Gasteiger partial charge in [-0.15, -0.1) is 0 Å². The van der Waals surface area contributed by atoms with Gasteiger partial charge < -0.3 is 39.4 Å². The predicted octanol–water partition coefficient (Wildman–Crippen LogP) is 0.113. The Hall–Kier alpha value is -1.79. The van der Waals surface area contributed by atoms with Crippen LogP contribution in [-0.2, 0) is 38.1 Å². The van der Waals surface area contributed by atoms with Gasteiger partial charge in [-0.25, -0.2) is 0 Å². The maximum atomic E-state index is 13.2. The standard InChI is InChI=1S/C20H32N2O9/c1-8(2)10(15(23)21-9(3)17(25)26)22-16(24)13-11-12(29-19(4,5)28-11)14-18(27-13)31-20(6,7)30-14/h8-14,18H,1-7H3,(H,21,23)(H,22,24)(H,25,26)/t9-,10+,11+,12-,13+,14+,18+/m0/s1. The van der Waals surface area contributed by atoms with E-state index < -0.39 is 72.1 Å². The van der Waals surface area contributed by atoms with Gasteiger partial charge in [0.05, 0.1) is 0 Å². The van der Waals surface area contributed by atoms with Gasteiger partial charge in [-0.05, 0) is 40.5 Å². The minimum absolute atomic E-state index is 0.306. The van der Waals surface area contributed by atoms with Gasteiger partial charge in [0.15, 0.2) is 24.0 Å². The number of fused-ring (bicyclic) bond motifs is 3. The molecule has 3 aliphatic heterocycles. The molecule has 3 heterocycles. The van der Waals surface area contributed by atoms with Crippen molar-refractivity contribution in [3.05, 3.63) is 0 Å². The average Bonchev–Trinajstić information content (AvgIpc) is 3.11. The van der Waals surface area contributed by atoms with Crippen molar-refractivity contribution in [1.29, 1.82) is 0 Å². The first kappa shape index (κ1) is 23.9. The maximum absolute atomic E-state index is 13.2. The summed E-state index contributed by atoms with van der Waals surface area (Å²) in [5.41, 5.74) is 0. The number of carbonyl (C=O) groups excluding carboxylic acids is 2. The van der Waals surface area contributed by atoms with E-state index in [0.717, 1.165) is 0 Å². The van der Waals surface area contributed by atoms with Crippen molar-refractivity contribution >= 4 is 17.8 Å². The maximum Gasteiger partial charge on any atom is 0.325 e. The van der Waals surface area contributed by atoms with Crippen LogP contribution >= 0.6 is 0 Å². The van der Waals surface area contributed by atoms with Crippen LogP contribution in [-0.4, -0.2) is 77.3 Å². The molecule has 0 unspecified atom stereocenters. The van der Waals surface area contributed by atoms with Crippen LogP contribution in [0.15, 0.2) is 0 Å². The van der Waals surface area contributed by atoms with E-state index in [1.807, 2.05) is 0 Å². The molecular weight excluding hydrogens is 412 g/mol. The summed E-state index contributed by atoms with van der Waals surface area (Å²) in [4.78, 5) is 36.8. The zero-order valence-electron chi connectivity index (χ0n) is 18.8. The number of carboxylic acid groups (broad SMARTS) is 1. The Kier molecular flexibility index (Phi) is 6.38. The van der Waals surface area contributed by atoms with E-state index in [-0.39, 0.29) is 5.92 Å². The third-order valence-corrected chi connectivity index (χ3v) is 5.39. The minimum Gasteiger partial charge on any atom is -0.480 e. The summed E-state index contributed by atoms with van der Waals surface area (Å²) < 4.78 is 29.5. The van der Waals surface area contributed by atoms with Crippen LogP contribution in [0.4, 0.5) is 0 Å². The van der Waals surface area contributed by atoms with Gasteiger partial charge in [0, 0.05) is 0 Å². The van der Waals surface area contributed by atoms with E-state index in [9.17, 15) is 14.4 Å². The second-order valence-electron chi connectivity index (χ2n) is 9.39. The molecule has 3 saturated heterocycles. The fourth-order valence-corrected chi connectivity index (χ4v) is 3.96. The van der Waals surface area contributed by atoms with Crippen LogP contribution in [0, 0.1) is 5.92 Å². The quantitative estimate of drug-likeness (QED) is 0.520. The highest BCUT2D eigenvalue weighted by atomic mass is 16.9. The predicted molar refractivity (Wildman–Crippen MR) is 105 cm³/mol. The lowest BCUT2D eigenvalue weighted by molar-refractivity contribution is -0.231. The van der Waals surface area contributed by atoms with Gasteiger partial charge in [0.25, 0.3) is 5.91 Å². The number of ether oxygens (including phenoxy) is 5. The molecule has 0 aromatic heterocycles. The number of nitrogens with one attached hydrogen (secondary N) is 2. The van der Waals surface area contributed by atoms with Gasteiger partial charge in [-0.3, -0.25) is 14.4 Å². The highest BCUT2D eigenvalue weighted by Crippen LogP contribution is 2.44. The topological polar surface area (TPSA) is 142 Å². The number of aliphatic carboxylic acids is 1. The van der Waals surface area contributed by atoms with Crippen LogP contribution in [0.3, 0.4) is 0 Å². The largest absolute Gasteiger partial charge is 0.480 e. The second-order valence-corrected chi connectivity index (χ2v) is 9.39. The number of carboxylic acids is 1. The molecule has 3 N–H and O–H groups in total. The van der Waals surface area contributed by atoms with E-state index in [0.29, 0.717) is 0 Å². The van der Waals surface area contributed by atoms with Crippen molar-refractivity contribution in [2.45, 2.75) is 103 Å².